The molecule has 2 heterocycles. The quantitative estimate of drug-likeness (QED) is 0.537. The lowest BCUT2D eigenvalue weighted by Crippen LogP contribution is -2.06. The summed E-state index contributed by atoms with van der Waals surface area (Å²) in [5.41, 5.74) is 0.737. The van der Waals surface area contributed by atoms with E-state index in [9.17, 15) is 9.59 Å². The van der Waals surface area contributed by atoms with Crippen LogP contribution in [0.5, 0.6) is 17.2 Å². The van der Waals surface area contributed by atoms with Crippen LogP contribution in [0.1, 0.15) is 27.4 Å². The molecule has 0 spiro atoms. The van der Waals surface area contributed by atoms with Gasteiger partial charge in [0.2, 0.25) is 11.6 Å². The van der Waals surface area contributed by atoms with Gasteiger partial charge in [-0.3, -0.25) is 0 Å². The number of aliphatic imine (C=N–C) groups is 1. The summed E-state index contributed by atoms with van der Waals surface area (Å²) in [6, 6.07) is 4.69. The summed E-state index contributed by atoms with van der Waals surface area (Å²) in [4.78, 5) is 28.2. The van der Waals surface area contributed by atoms with Gasteiger partial charge in [0.15, 0.2) is 17.2 Å². The molecule has 1 aromatic carbocycles. The van der Waals surface area contributed by atoms with Crippen molar-refractivity contribution in [2.75, 3.05) is 28.4 Å². The number of esters is 2. The van der Waals surface area contributed by atoms with Gasteiger partial charge in [0.1, 0.15) is 17.1 Å². The summed E-state index contributed by atoms with van der Waals surface area (Å²) in [6.07, 6.45) is 1.38. The molecule has 0 unspecified atom stereocenters. The average Bonchev–Trinajstić information content (AvgIpc) is 3.28. The van der Waals surface area contributed by atoms with E-state index in [4.69, 9.17) is 23.4 Å². The van der Waals surface area contributed by atoms with Crippen LogP contribution in [0, 0.1) is 6.92 Å². The fourth-order valence-electron chi connectivity index (χ4n) is 2.76. The number of nitrogens with zero attached hydrogens (tertiary/aromatic N) is 1. The smallest absolute Gasteiger partial charge is 0.363 e. The van der Waals surface area contributed by atoms with Crippen molar-refractivity contribution < 1.29 is 37.7 Å². The number of benzene rings is 1. The number of ether oxygens (including phenoxy) is 5. The SMILES string of the molecule is COC(=O)c1cc(/C=C2\N=C(c3cc(OC)c(OC)c(OC)c3)OC2=O)oc1C. The molecule has 152 valence electrons. The maximum Gasteiger partial charge on any atom is 0.363 e. The van der Waals surface area contributed by atoms with Gasteiger partial charge >= 0.3 is 11.9 Å². The van der Waals surface area contributed by atoms with Crippen molar-refractivity contribution in [2.24, 2.45) is 4.99 Å². The summed E-state index contributed by atoms with van der Waals surface area (Å²) in [7, 11) is 5.72. The fraction of sp³-hybridized carbons (Fsp3) is 0.250. The second-order valence-corrected chi connectivity index (χ2v) is 5.86. The van der Waals surface area contributed by atoms with Gasteiger partial charge in [0.05, 0.1) is 28.4 Å². The molecule has 9 nitrogen and oxygen atoms in total. The second kappa shape index (κ2) is 8.09. The highest BCUT2D eigenvalue weighted by molar-refractivity contribution is 6.13. The van der Waals surface area contributed by atoms with E-state index in [2.05, 4.69) is 9.73 Å². The predicted octanol–water partition coefficient (Wildman–Crippen LogP) is 2.74. The minimum atomic E-state index is -0.664. The van der Waals surface area contributed by atoms with Crippen molar-refractivity contribution >= 4 is 23.9 Å². The Kier molecular flexibility index (Phi) is 5.58. The molecule has 2 aromatic rings. The van der Waals surface area contributed by atoms with E-state index >= 15 is 0 Å². The number of cyclic esters (lactones) is 1. The lowest BCUT2D eigenvalue weighted by Gasteiger charge is -2.13. The summed E-state index contributed by atoms with van der Waals surface area (Å²) < 4.78 is 31.3. The van der Waals surface area contributed by atoms with Crippen LogP contribution >= 0.6 is 0 Å². The summed E-state index contributed by atoms with van der Waals surface area (Å²) in [6.45, 7) is 1.62. The molecule has 0 amide bonds. The lowest BCUT2D eigenvalue weighted by molar-refractivity contribution is -0.129. The second-order valence-electron chi connectivity index (χ2n) is 5.86. The van der Waals surface area contributed by atoms with E-state index in [1.54, 1.807) is 19.1 Å². The molecule has 1 aliphatic heterocycles. The van der Waals surface area contributed by atoms with E-state index in [-0.39, 0.29) is 22.9 Å². The van der Waals surface area contributed by atoms with Gasteiger partial charge in [-0.1, -0.05) is 0 Å². The molecular weight excluding hydrogens is 382 g/mol. The first-order valence-corrected chi connectivity index (χ1v) is 8.43. The lowest BCUT2D eigenvalue weighted by atomic mass is 10.1. The van der Waals surface area contributed by atoms with Gasteiger partial charge < -0.3 is 28.1 Å². The summed E-state index contributed by atoms with van der Waals surface area (Å²) >= 11 is 0. The van der Waals surface area contributed by atoms with Crippen LogP contribution in [0.15, 0.2) is 33.3 Å². The number of furan rings is 1. The molecule has 9 heteroatoms. The highest BCUT2D eigenvalue weighted by atomic mass is 16.6. The van der Waals surface area contributed by atoms with Crippen LogP contribution in [0.25, 0.3) is 6.08 Å². The van der Waals surface area contributed by atoms with Gasteiger partial charge in [-0.15, -0.1) is 0 Å². The van der Waals surface area contributed by atoms with Gasteiger partial charge in [-0.05, 0) is 25.1 Å². The average molecular weight is 401 g/mol. The van der Waals surface area contributed by atoms with Crippen molar-refractivity contribution in [3.63, 3.8) is 0 Å². The molecule has 0 bridgehead atoms. The molecule has 0 N–H and O–H groups in total. The van der Waals surface area contributed by atoms with E-state index < -0.39 is 11.9 Å². The number of aryl methyl sites for hydroxylation is 1. The molecule has 0 saturated heterocycles. The van der Waals surface area contributed by atoms with Gasteiger partial charge in [0, 0.05) is 11.6 Å². The molecule has 0 radical (unpaired) electrons. The van der Waals surface area contributed by atoms with Crippen molar-refractivity contribution in [3.05, 3.63) is 46.5 Å². The molecule has 29 heavy (non-hydrogen) atoms. The highest BCUT2D eigenvalue weighted by Crippen LogP contribution is 2.39. The molecule has 3 rings (SSSR count). The number of rotatable bonds is 6. The first kappa shape index (κ1) is 20.0. The number of carbonyl (C=O) groups is 2. The van der Waals surface area contributed by atoms with Gasteiger partial charge in [0.25, 0.3) is 0 Å². The number of methoxy groups -OCH3 is 4. The third kappa shape index (κ3) is 3.79. The van der Waals surface area contributed by atoms with Crippen molar-refractivity contribution in [1.82, 2.24) is 0 Å². The Hall–Kier alpha value is -3.75. The first-order valence-electron chi connectivity index (χ1n) is 8.43. The maximum atomic E-state index is 12.3. The molecule has 0 saturated carbocycles. The summed E-state index contributed by atoms with van der Waals surface area (Å²) in [5.74, 6) is 0.685. The van der Waals surface area contributed by atoms with Crippen molar-refractivity contribution in [1.29, 1.82) is 0 Å². The van der Waals surface area contributed by atoms with E-state index in [1.165, 1.54) is 40.6 Å². The third-order valence-electron chi connectivity index (χ3n) is 4.15. The van der Waals surface area contributed by atoms with Crippen LogP contribution < -0.4 is 14.2 Å². The fourth-order valence-corrected chi connectivity index (χ4v) is 2.76. The molecule has 1 aromatic heterocycles. The molecule has 0 fully saturated rings. The molecule has 1 aliphatic rings. The van der Waals surface area contributed by atoms with E-state index in [0.29, 0.717) is 28.6 Å². The monoisotopic (exact) mass is 401 g/mol. The van der Waals surface area contributed by atoms with Crippen LogP contribution in [-0.2, 0) is 14.3 Å². The highest BCUT2D eigenvalue weighted by Gasteiger charge is 2.27. The maximum absolute atomic E-state index is 12.3. The van der Waals surface area contributed by atoms with E-state index in [0.717, 1.165) is 0 Å². The Morgan fingerprint density at radius 3 is 2.24 bits per heavy atom. The van der Waals surface area contributed by atoms with Crippen LogP contribution in [0.2, 0.25) is 0 Å². The number of carbonyl (C=O) groups excluding carboxylic acids is 2. The predicted molar refractivity (Wildman–Crippen MR) is 101 cm³/mol. The van der Waals surface area contributed by atoms with Gasteiger partial charge in [-0.25, -0.2) is 14.6 Å². The number of hydrogen-bond acceptors (Lipinski definition) is 9. The Balaban J connectivity index is 1.98. The largest absolute Gasteiger partial charge is 0.493 e. The first-order chi connectivity index (χ1) is 13.9. The minimum Gasteiger partial charge on any atom is -0.493 e. The van der Waals surface area contributed by atoms with Crippen LogP contribution in [0.3, 0.4) is 0 Å². The van der Waals surface area contributed by atoms with Gasteiger partial charge in [-0.2, -0.15) is 0 Å². The van der Waals surface area contributed by atoms with E-state index in [1.807, 2.05) is 0 Å². The zero-order valence-electron chi connectivity index (χ0n) is 16.5. The standard InChI is InChI=1S/C20H19NO8/c1-10-13(19(22)27-5)8-12(28-10)9-14-20(23)29-18(21-14)11-6-15(24-2)17(26-4)16(7-11)25-3/h6-9H,1-5H3/b14-9-. The molecule has 0 atom stereocenters. The molecule has 0 aliphatic carbocycles. The van der Waals surface area contributed by atoms with Crippen LogP contribution in [-0.4, -0.2) is 46.3 Å². The Bertz CT molecular complexity index is 1010. The Labute approximate surface area is 166 Å². The zero-order chi connectivity index (χ0) is 21.1. The third-order valence-corrected chi connectivity index (χ3v) is 4.15. The normalized spacial score (nSPS) is 14.4. The molecular formula is C20H19NO8. The summed E-state index contributed by atoms with van der Waals surface area (Å²) in [5, 5.41) is 0. The van der Waals surface area contributed by atoms with Crippen LogP contribution in [0.4, 0.5) is 0 Å². The minimum absolute atomic E-state index is 0.0129. The number of hydrogen-bond donors (Lipinski definition) is 0. The Morgan fingerprint density at radius 2 is 1.69 bits per heavy atom. The Morgan fingerprint density at radius 1 is 1.03 bits per heavy atom. The topological polar surface area (TPSA) is 106 Å². The van der Waals surface area contributed by atoms with Crippen molar-refractivity contribution in [2.45, 2.75) is 6.92 Å². The zero-order valence-corrected chi connectivity index (χ0v) is 16.5. The van der Waals surface area contributed by atoms with Crippen molar-refractivity contribution in [3.8, 4) is 17.2 Å².